The Kier molecular flexibility index (Phi) is 5.84. The smallest absolute Gasteiger partial charge is 0.283 e. The fourth-order valence-corrected chi connectivity index (χ4v) is 2.95. The van der Waals surface area contributed by atoms with Crippen LogP contribution in [-0.4, -0.2) is 25.0 Å². The first-order valence-electron chi connectivity index (χ1n) is 5.36. The van der Waals surface area contributed by atoms with E-state index in [2.05, 4.69) is 4.72 Å². The zero-order valence-electron chi connectivity index (χ0n) is 9.80. The predicted octanol–water partition coefficient (Wildman–Crippen LogP) is 3.01. The van der Waals surface area contributed by atoms with Gasteiger partial charge in [-0.2, -0.15) is 0 Å². The zero-order valence-corrected chi connectivity index (χ0v) is 12.1. The average Bonchev–Trinajstić information content (AvgIpc) is 2.28. The third kappa shape index (κ3) is 5.22. The average molecular weight is 327 g/mol. The van der Waals surface area contributed by atoms with Gasteiger partial charge in [-0.3, -0.25) is 14.8 Å². The second-order valence-corrected chi connectivity index (χ2v) is 6.37. The standard InChI is InChI=1S/C10H12Cl2N2O4S/c11-5-1-2-6-19(17,18)13-8-3-4-10(14(15)16)9(12)7-8/h3-4,7,13H,1-2,5-6H2. The molecule has 0 spiro atoms. The van der Waals surface area contributed by atoms with Gasteiger partial charge in [-0.1, -0.05) is 11.6 Å². The van der Waals surface area contributed by atoms with Gasteiger partial charge in [-0.05, 0) is 25.0 Å². The van der Waals surface area contributed by atoms with Crippen LogP contribution in [0.25, 0.3) is 0 Å². The van der Waals surface area contributed by atoms with Crippen molar-refractivity contribution in [1.82, 2.24) is 0 Å². The first kappa shape index (κ1) is 16.0. The second kappa shape index (κ2) is 6.93. The van der Waals surface area contributed by atoms with Gasteiger partial charge in [0.05, 0.1) is 16.4 Å². The molecule has 0 aliphatic heterocycles. The fraction of sp³-hybridized carbons (Fsp3) is 0.400. The van der Waals surface area contributed by atoms with Crippen molar-refractivity contribution in [2.75, 3.05) is 16.4 Å². The molecule has 0 unspecified atom stereocenters. The van der Waals surface area contributed by atoms with Crippen molar-refractivity contribution >= 4 is 44.6 Å². The number of hydrogen-bond acceptors (Lipinski definition) is 4. The maximum Gasteiger partial charge on any atom is 0.288 e. The number of anilines is 1. The van der Waals surface area contributed by atoms with Crippen molar-refractivity contribution in [3.05, 3.63) is 33.3 Å². The van der Waals surface area contributed by atoms with Crippen LogP contribution in [0.15, 0.2) is 18.2 Å². The molecular formula is C10H12Cl2N2O4S. The molecule has 0 aliphatic rings. The third-order valence-corrected chi connectivity index (χ3v) is 4.16. The number of sulfonamides is 1. The highest BCUT2D eigenvalue weighted by Crippen LogP contribution is 2.27. The summed E-state index contributed by atoms with van der Waals surface area (Å²) in [6.45, 7) is 0. The van der Waals surface area contributed by atoms with Gasteiger partial charge in [-0.25, -0.2) is 8.42 Å². The van der Waals surface area contributed by atoms with E-state index in [0.717, 1.165) is 6.07 Å². The first-order valence-corrected chi connectivity index (χ1v) is 7.92. The van der Waals surface area contributed by atoms with Crippen LogP contribution in [0.5, 0.6) is 0 Å². The number of nitrogens with zero attached hydrogens (tertiary/aromatic N) is 1. The summed E-state index contributed by atoms with van der Waals surface area (Å²) in [5.41, 5.74) is -0.0757. The maximum atomic E-state index is 11.7. The molecule has 19 heavy (non-hydrogen) atoms. The van der Waals surface area contributed by atoms with Gasteiger partial charge in [0.2, 0.25) is 10.0 Å². The molecule has 1 aromatic rings. The molecule has 1 rings (SSSR count). The fourth-order valence-electron chi connectivity index (χ4n) is 1.34. The maximum absolute atomic E-state index is 11.7. The summed E-state index contributed by atoms with van der Waals surface area (Å²) in [6, 6.07) is 3.65. The quantitative estimate of drug-likeness (QED) is 0.361. The van der Waals surface area contributed by atoms with Gasteiger partial charge in [0.25, 0.3) is 5.69 Å². The summed E-state index contributed by atoms with van der Waals surface area (Å²) in [6.07, 6.45) is 1.04. The molecular weight excluding hydrogens is 315 g/mol. The minimum absolute atomic E-state index is 0.0612. The van der Waals surface area contributed by atoms with E-state index in [1.807, 2.05) is 0 Å². The number of halogens is 2. The van der Waals surface area contributed by atoms with Gasteiger partial charge >= 0.3 is 0 Å². The molecule has 0 saturated carbocycles. The van der Waals surface area contributed by atoms with E-state index >= 15 is 0 Å². The Hall–Kier alpha value is -1.05. The number of benzene rings is 1. The van der Waals surface area contributed by atoms with Crippen LogP contribution in [0.3, 0.4) is 0 Å². The number of unbranched alkanes of at least 4 members (excludes halogenated alkanes) is 1. The molecule has 0 heterocycles. The Morgan fingerprint density at radius 3 is 2.53 bits per heavy atom. The number of nitrogens with one attached hydrogen (secondary N) is 1. The van der Waals surface area contributed by atoms with E-state index in [9.17, 15) is 18.5 Å². The third-order valence-electron chi connectivity index (χ3n) is 2.21. The van der Waals surface area contributed by atoms with Crippen molar-refractivity contribution in [2.24, 2.45) is 0 Å². The van der Waals surface area contributed by atoms with Crippen LogP contribution in [0, 0.1) is 10.1 Å². The summed E-state index contributed by atoms with van der Waals surface area (Å²) in [4.78, 5) is 9.92. The molecule has 0 atom stereocenters. The normalized spacial score (nSPS) is 11.3. The van der Waals surface area contributed by atoms with Crippen molar-refractivity contribution in [1.29, 1.82) is 0 Å². The highest BCUT2D eigenvalue weighted by Gasteiger charge is 2.15. The molecule has 1 N–H and O–H groups in total. The van der Waals surface area contributed by atoms with Crippen molar-refractivity contribution in [2.45, 2.75) is 12.8 Å². The van der Waals surface area contributed by atoms with Crippen LogP contribution >= 0.6 is 23.2 Å². The van der Waals surface area contributed by atoms with E-state index in [4.69, 9.17) is 23.2 Å². The van der Waals surface area contributed by atoms with Crippen LogP contribution in [0.1, 0.15) is 12.8 Å². The van der Waals surface area contributed by atoms with E-state index in [-0.39, 0.29) is 22.2 Å². The monoisotopic (exact) mass is 326 g/mol. The molecule has 1 aromatic carbocycles. The summed E-state index contributed by atoms with van der Waals surface area (Å²) >= 11 is 11.1. The highest BCUT2D eigenvalue weighted by molar-refractivity contribution is 7.92. The van der Waals surface area contributed by atoms with Crippen LogP contribution < -0.4 is 4.72 Å². The van der Waals surface area contributed by atoms with E-state index in [1.54, 1.807) is 0 Å². The highest BCUT2D eigenvalue weighted by atomic mass is 35.5. The number of alkyl halides is 1. The summed E-state index contributed by atoms with van der Waals surface area (Å²) in [7, 11) is -3.49. The van der Waals surface area contributed by atoms with Gasteiger partial charge in [-0.15, -0.1) is 11.6 Å². The van der Waals surface area contributed by atoms with Crippen molar-refractivity contribution in [3.63, 3.8) is 0 Å². The van der Waals surface area contributed by atoms with Crippen molar-refractivity contribution < 1.29 is 13.3 Å². The molecule has 6 nitrogen and oxygen atoms in total. The topological polar surface area (TPSA) is 89.3 Å². The molecule has 0 amide bonds. The summed E-state index contributed by atoms with van der Waals surface area (Å²) in [5.74, 6) is 0.340. The SMILES string of the molecule is O=[N+]([O-])c1ccc(NS(=O)(=O)CCCCCl)cc1Cl. The minimum atomic E-state index is -3.49. The van der Waals surface area contributed by atoms with Crippen LogP contribution in [0.2, 0.25) is 5.02 Å². The molecule has 106 valence electrons. The molecule has 0 bridgehead atoms. The molecule has 0 aliphatic carbocycles. The molecule has 9 heteroatoms. The van der Waals surface area contributed by atoms with Gasteiger partial charge < -0.3 is 0 Å². The molecule has 0 fully saturated rings. The van der Waals surface area contributed by atoms with Crippen LogP contribution in [-0.2, 0) is 10.0 Å². The Bertz CT molecular complexity index is 563. The van der Waals surface area contributed by atoms with Gasteiger partial charge in [0.1, 0.15) is 5.02 Å². The lowest BCUT2D eigenvalue weighted by molar-refractivity contribution is -0.384. The lowest BCUT2D eigenvalue weighted by Crippen LogP contribution is -2.16. The Morgan fingerprint density at radius 2 is 2.00 bits per heavy atom. The first-order chi connectivity index (χ1) is 8.85. The van der Waals surface area contributed by atoms with Crippen LogP contribution in [0.4, 0.5) is 11.4 Å². The summed E-state index contributed by atoms with van der Waals surface area (Å²) < 4.78 is 25.7. The Morgan fingerprint density at radius 1 is 1.32 bits per heavy atom. The van der Waals surface area contributed by atoms with Gasteiger partial charge in [0, 0.05) is 11.9 Å². The molecule has 0 radical (unpaired) electrons. The lowest BCUT2D eigenvalue weighted by Gasteiger charge is -2.07. The summed E-state index contributed by atoms with van der Waals surface area (Å²) in [5, 5.41) is 10.4. The van der Waals surface area contributed by atoms with Gasteiger partial charge in [0.15, 0.2) is 0 Å². The predicted molar refractivity (Wildman–Crippen MR) is 75.5 cm³/mol. The number of nitro groups is 1. The lowest BCUT2D eigenvalue weighted by atomic mass is 10.3. The molecule has 0 aromatic heterocycles. The Balaban J connectivity index is 2.77. The van der Waals surface area contributed by atoms with E-state index in [0.29, 0.717) is 18.7 Å². The van der Waals surface area contributed by atoms with E-state index < -0.39 is 14.9 Å². The largest absolute Gasteiger partial charge is 0.288 e. The Labute approximate surface area is 120 Å². The number of hydrogen-bond donors (Lipinski definition) is 1. The number of rotatable bonds is 7. The van der Waals surface area contributed by atoms with Crippen molar-refractivity contribution in [3.8, 4) is 0 Å². The number of nitro benzene ring substituents is 1. The van der Waals surface area contributed by atoms with E-state index in [1.165, 1.54) is 12.1 Å². The minimum Gasteiger partial charge on any atom is -0.283 e. The second-order valence-electron chi connectivity index (χ2n) is 3.74. The zero-order chi connectivity index (χ0) is 14.5. The molecule has 0 saturated heterocycles.